The Hall–Kier alpha value is -1.15. The van der Waals surface area contributed by atoms with Gasteiger partial charge in [-0.15, -0.1) is 0 Å². The first-order chi connectivity index (χ1) is 7.69. The van der Waals surface area contributed by atoms with Crippen LogP contribution in [0.15, 0.2) is 0 Å². The molecule has 0 bridgehead atoms. The molecule has 0 amide bonds. The summed E-state index contributed by atoms with van der Waals surface area (Å²) in [5.74, 6) is -4.29. The van der Waals surface area contributed by atoms with E-state index in [9.17, 15) is 18.0 Å². The van der Waals surface area contributed by atoms with E-state index in [0.29, 0.717) is 0 Å². The molecular formula is C9H17NO6S. The molecule has 0 heterocycles. The van der Waals surface area contributed by atoms with Crippen molar-refractivity contribution in [3.8, 4) is 0 Å². The molecule has 0 fully saturated rings. The molecule has 1 unspecified atom stereocenters. The molecule has 0 saturated carbocycles. The van der Waals surface area contributed by atoms with Crippen molar-refractivity contribution in [2.45, 2.75) is 25.8 Å². The van der Waals surface area contributed by atoms with Crippen molar-refractivity contribution in [1.29, 1.82) is 0 Å². The molecule has 0 aliphatic carbocycles. The number of nitrogens with two attached hydrogens (primary N) is 1. The Morgan fingerprint density at radius 2 is 1.76 bits per heavy atom. The number of aliphatic carboxylic acids is 2. The van der Waals surface area contributed by atoms with Crippen LogP contribution in [0.25, 0.3) is 0 Å². The summed E-state index contributed by atoms with van der Waals surface area (Å²) in [6, 6.07) is -1.24. The van der Waals surface area contributed by atoms with E-state index in [1.807, 2.05) is 0 Å². The van der Waals surface area contributed by atoms with Crippen molar-refractivity contribution >= 4 is 21.8 Å². The molecule has 7 nitrogen and oxygen atoms in total. The average molecular weight is 267 g/mol. The molecule has 0 radical (unpaired) electrons. The van der Waals surface area contributed by atoms with Gasteiger partial charge in [0.05, 0.1) is 17.4 Å². The highest BCUT2D eigenvalue weighted by Gasteiger charge is 2.25. The van der Waals surface area contributed by atoms with Gasteiger partial charge in [0.2, 0.25) is 0 Å². The number of carboxylic acid groups (broad SMARTS) is 2. The molecule has 2 atom stereocenters. The lowest BCUT2D eigenvalue weighted by Gasteiger charge is -2.11. The number of sulfone groups is 1. The van der Waals surface area contributed by atoms with Gasteiger partial charge in [-0.05, 0) is 12.8 Å². The fourth-order valence-electron chi connectivity index (χ4n) is 1.18. The van der Waals surface area contributed by atoms with Gasteiger partial charge in [0.15, 0.2) is 9.84 Å². The number of carboxylic acids is 2. The predicted molar refractivity (Wildman–Crippen MR) is 60.3 cm³/mol. The molecular weight excluding hydrogens is 250 g/mol. The molecule has 4 N–H and O–H groups in total. The van der Waals surface area contributed by atoms with Crippen LogP contribution < -0.4 is 5.73 Å². The van der Waals surface area contributed by atoms with Gasteiger partial charge in [-0.3, -0.25) is 9.59 Å². The van der Waals surface area contributed by atoms with E-state index in [-0.39, 0.29) is 12.8 Å². The normalized spacial score (nSPS) is 15.2. The number of carbonyl (C=O) groups is 2. The van der Waals surface area contributed by atoms with Crippen LogP contribution in [0.3, 0.4) is 0 Å². The minimum absolute atomic E-state index is 0.208. The summed E-state index contributed by atoms with van der Waals surface area (Å²) in [6.45, 7) is 1.58. The van der Waals surface area contributed by atoms with E-state index in [1.54, 1.807) is 6.92 Å². The third kappa shape index (κ3) is 6.22. The summed E-state index contributed by atoms with van der Waals surface area (Å²) < 4.78 is 23.0. The molecule has 0 aliphatic heterocycles. The molecule has 0 aliphatic rings. The lowest BCUT2D eigenvalue weighted by molar-refractivity contribution is -0.141. The maximum atomic E-state index is 11.5. The fraction of sp³-hybridized carbons (Fsp3) is 0.778. The highest BCUT2D eigenvalue weighted by molar-refractivity contribution is 7.91. The maximum absolute atomic E-state index is 11.5. The smallest absolute Gasteiger partial charge is 0.320 e. The number of hydrogen-bond acceptors (Lipinski definition) is 5. The van der Waals surface area contributed by atoms with Crippen LogP contribution in [0, 0.1) is 5.92 Å². The lowest BCUT2D eigenvalue weighted by Crippen LogP contribution is -2.33. The molecule has 8 heteroatoms. The Morgan fingerprint density at radius 1 is 1.24 bits per heavy atom. The van der Waals surface area contributed by atoms with Gasteiger partial charge >= 0.3 is 11.9 Å². The van der Waals surface area contributed by atoms with Crippen molar-refractivity contribution in [2.24, 2.45) is 11.7 Å². The fourth-order valence-corrected chi connectivity index (χ4v) is 2.95. The zero-order valence-electron chi connectivity index (χ0n) is 9.50. The number of hydrogen-bond donors (Lipinski definition) is 3. The minimum Gasteiger partial charge on any atom is -0.481 e. The summed E-state index contributed by atoms with van der Waals surface area (Å²) in [4.78, 5) is 21.1. The summed E-state index contributed by atoms with van der Waals surface area (Å²) >= 11 is 0. The largest absolute Gasteiger partial charge is 0.481 e. The van der Waals surface area contributed by atoms with Gasteiger partial charge in [-0.25, -0.2) is 8.42 Å². The first-order valence-electron chi connectivity index (χ1n) is 5.11. The van der Waals surface area contributed by atoms with E-state index >= 15 is 0 Å². The standard InChI is InChI=1S/C9H17NO6S/c1-2-6(8(11)12)5-17(15,16)4-3-7(10)9(13)14/h6-7H,2-5,10H2,1H3,(H,11,12)(H,13,14)/t6?,7-/m0/s1. The van der Waals surface area contributed by atoms with Crippen LogP contribution in [0.1, 0.15) is 19.8 Å². The van der Waals surface area contributed by atoms with Gasteiger partial charge in [0.25, 0.3) is 0 Å². The van der Waals surface area contributed by atoms with Crippen LogP contribution in [0.2, 0.25) is 0 Å². The first-order valence-corrected chi connectivity index (χ1v) is 6.93. The monoisotopic (exact) mass is 267 g/mol. The zero-order chi connectivity index (χ0) is 13.6. The van der Waals surface area contributed by atoms with E-state index < -0.39 is 45.2 Å². The Balaban J connectivity index is 4.39. The first kappa shape index (κ1) is 15.9. The van der Waals surface area contributed by atoms with Crippen LogP contribution in [0.5, 0.6) is 0 Å². The Kier molecular flexibility index (Phi) is 6.11. The number of rotatable bonds is 8. The molecule has 100 valence electrons. The molecule has 0 aromatic carbocycles. The SMILES string of the molecule is CCC(CS(=O)(=O)CC[C@H](N)C(=O)O)C(=O)O. The van der Waals surface area contributed by atoms with Crippen molar-refractivity contribution < 1.29 is 28.2 Å². The van der Waals surface area contributed by atoms with Gasteiger partial charge in [0.1, 0.15) is 6.04 Å². The van der Waals surface area contributed by atoms with Crippen molar-refractivity contribution in [3.05, 3.63) is 0 Å². The Morgan fingerprint density at radius 3 is 2.12 bits per heavy atom. The Labute approximate surface area is 99.5 Å². The lowest BCUT2D eigenvalue weighted by atomic mass is 10.1. The predicted octanol–water partition coefficient (Wildman–Crippen LogP) is -0.686. The van der Waals surface area contributed by atoms with Gasteiger partial charge in [0, 0.05) is 0 Å². The van der Waals surface area contributed by atoms with Gasteiger partial charge < -0.3 is 15.9 Å². The summed E-state index contributed by atoms with van der Waals surface area (Å²) in [5.41, 5.74) is 5.17. The highest BCUT2D eigenvalue weighted by atomic mass is 32.2. The van der Waals surface area contributed by atoms with Crippen LogP contribution >= 0.6 is 0 Å². The highest BCUT2D eigenvalue weighted by Crippen LogP contribution is 2.09. The average Bonchev–Trinajstić information content (AvgIpc) is 2.22. The Bertz CT molecular complexity index is 377. The zero-order valence-corrected chi connectivity index (χ0v) is 10.3. The molecule has 0 rings (SSSR count). The van der Waals surface area contributed by atoms with Crippen LogP contribution in [-0.2, 0) is 19.4 Å². The third-order valence-corrected chi connectivity index (χ3v) is 4.12. The van der Waals surface area contributed by atoms with Crippen molar-refractivity contribution in [3.63, 3.8) is 0 Å². The molecule has 0 saturated heterocycles. The summed E-state index contributed by atoms with van der Waals surface area (Å²) in [7, 11) is -3.59. The molecule has 0 spiro atoms. The second-order valence-corrected chi connectivity index (χ2v) is 6.02. The van der Waals surface area contributed by atoms with Crippen molar-refractivity contribution in [2.75, 3.05) is 11.5 Å². The van der Waals surface area contributed by atoms with Crippen LogP contribution in [0.4, 0.5) is 0 Å². The second-order valence-electron chi connectivity index (χ2n) is 3.79. The van der Waals surface area contributed by atoms with E-state index in [4.69, 9.17) is 15.9 Å². The van der Waals surface area contributed by atoms with E-state index in [0.717, 1.165) is 0 Å². The maximum Gasteiger partial charge on any atom is 0.320 e. The van der Waals surface area contributed by atoms with Gasteiger partial charge in [-0.2, -0.15) is 0 Å². The van der Waals surface area contributed by atoms with E-state index in [2.05, 4.69) is 0 Å². The van der Waals surface area contributed by atoms with Crippen molar-refractivity contribution in [1.82, 2.24) is 0 Å². The molecule has 0 aromatic rings. The topological polar surface area (TPSA) is 135 Å². The second kappa shape index (κ2) is 6.55. The molecule has 17 heavy (non-hydrogen) atoms. The van der Waals surface area contributed by atoms with Crippen LogP contribution in [-0.4, -0.2) is 48.1 Å². The minimum atomic E-state index is -3.59. The third-order valence-electron chi connectivity index (χ3n) is 2.35. The van der Waals surface area contributed by atoms with E-state index in [1.165, 1.54) is 0 Å². The van der Waals surface area contributed by atoms with Gasteiger partial charge in [-0.1, -0.05) is 6.92 Å². The summed E-state index contributed by atoms with van der Waals surface area (Å²) in [5, 5.41) is 17.2. The quantitative estimate of drug-likeness (QED) is 0.530. The summed E-state index contributed by atoms with van der Waals surface area (Å²) in [6.07, 6.45) is -0.00668. The molecule has 0 aromatic heterocycles.